The van der Waals surface area contributed by atoms with Gasteiger partial charge >= 0.3 is 0 Å². The summed E-state index contributed by atoms with van der Waals surface area (Å²) in [6, 6.07) is 65.0. The van der Waals surface area contributed by atoms with Crippen LogP contribution in [0.15, 0.2) is 186 Å². The average molecular weight is 627 g/mol. The number of benzene rings is 8. The van der Waals surface area contributed by atoms with Crippen LogP contribution in [0.1, 0.15) is 0 Å². The maximum absolute atomic E-state index is 6.23. The van der Waals surface area contributed by atoms with Gasteiger partial charge in [0.05, 0.1) is 16.7 Å². The van der Waals surface area contributed by atoms with Gasteiger partial charge in [-0.2, -0.15) is 0 Å². The Hall–Kier alpha value is -6.58. The lowest BCUT2D eigenvalue weighted by molar-refractivity contribution is 0.669. The molecule has 2 aromatic heterocycles. The number of furan rings is 1. The van der Waals surface area contributed by atoms with E-state index in [1.54, 1.807) is 0 Å². The monoisotopic (exact) mass is 626 g/mol. The lowest BCUT2D eigenvalue weighted by Crippen LogP contribution is -2.11. The van der Waals surface area contributed by atoms with Gasteiger partial charge in [0.1, 0.15) is 11.2 Å². The molecule has 0 aliphatic heterocycles. The van der Waals surface area contributed by atoms with E-state index in [1.165, 1.54) is 38.3 Å². The van der Waals surface area contributed by atoms with E-state index in [9.17, 15) is 0 Å². The minimum atomic E-state index is 0.904. The van der Waals surface area contributed by atoms with E-state index in [0.29, 0.717) is 0 Å². The van der Waals surface area contributed by atoms with Crippen LogP contribution in [0.3, 0.4) is 0 Å². The highest BCUT2D eigenvalue weighted by atomic mass is 16.3. The van der Waals surface area contributed by atoms with Gasteiger partial charge in [0.15, 0.2) is 0 Å². The van der Waals surface area contributed by atoms with E-state index in [-0.39, 0.29) is 0 Å². The van der Waals surface area contributed by atoms with Crippen LogP contribution in [0.4, 0.5) is 17.1 Å². The summed E-state index contributed by atoms with van der Waals surface area (Å²) in [5, 5.41) is 7.13. The molecule has 0 saturated heterocycles. The molecular formula is C46H30N2O. The lowest BCUT2D eigenvalue weighted by Gasteiger charge is -2.28. The summed E-state index contributed by atoms with van der Waals surface area (Å²) in [6.45, 7) is 0. The summed E-state index contributed by atoms with van der Waals surface area (Å²) < 4.78 is 8.64. The van der Waals surface area contributed by atoms with Gasteiger partial charge in [0, 0.05) is 44.0 Å². The molecule has 8 aromatic carbocycles. The van der Waals surface area contributed by atoms with Gasteiger partial charge in [-0.1, -0.05) is 115 Å². The minimum absolute atomic E-state index is 0.904. The first-order valence-electron chi connectivity index (χ1n) is 16.7. The third-order valence-corrected chi connectivity index (χ3v) is 9.75. The maximum Gasteiger partial charge on any atom is 0.136 e. The first-order valence-corrected chi connectivity index (χ1v) is 16.7. The first-order chi connectivity index (χ1) is 24.3. The van der Waals surface area contributed by atoms with Crippen molar-refractivity contribution < 1.29 is 4.42 Å². The molecule has 3 heteroatoms. The van der Waals surface area contributed by atoms with Gasteiger partial charge in [-0.25, -0.2) is 0 Å². The van der Waals surface area contributed by atoms with Crippen molar-refractivity contribution in [2.24, 2.45) is 0 Å². The Morgan fingerprint density at radius 1 is 0.408 bits per heavy atom. The number of para-hydroxylation sites is 4. The van der Waals surface area contributed by atoms with Crippen molar-refractivity contribution in [3.63, 3.8) is 0 Å². The van der Waals surface area contributed by atoms with Crippen LogP contribution in [0.5, 0.6) is 0 Å². The topological polar surface area (TPSA) is 21.3 Å². The van der Waals surface area contributed by atoms with E-state index >= 15 is 0 Å². The molecule has 0 aliphatic rings. The lowest BCUT2D eigenvalue weighted by atomic mass is 10.00. The summed E-state index contributed by atoms with van der Waals surface area (Å²) in [7, 11) is 0. The predicted molar refractivity (Wildman–Crippen MR) is 206 cm³/mol. The molecule has 230 valence electrons. The van der Waals surface area contributed by atoms with Crippen LogP contribution in [0, 0.1) is 0 Å². The number of fused-ring (bicyclic) bond motifs is 7. The Labute approximate surface area is 283 Å². The molecule has 3 nitrogen and oxygen atoms in total. The van der Waals surface area contributed by atoms with Crippen molar-refractivity contribution in [3.05, 3.63) is 182 Å². The number of hydrogen-bond donors (Lipinski definition) is 0. The van der Waals surface area contributed by atoms with Crippen LogP contribution in [-0.2, 0) is 0 Å². The van der Waals surface area contributed by atoms with Crippen molar-refractivity contribution in [1.29, 1.82) is 0 Å². The standard InChI is InChI=1S/C46H30N2O/c1-3-14-34(15-4-1)47(36-26-23-31(24-27-36)32-25-28-39-38-19-10-12-22-43(38)49-44(39)30-32)46-37-18-8-7-13-33(37)29-42-45(46)40-20-9-11-21-41(40)48(42)35-16-5-2-6-17-35/h1-30H. The Balaban J connectivity index is 1.21. The summed E-state index contributed by atoms with van der Waals surface area (Å²) in [4.78, 5) is 2.43. The van der Waals surface area contributed by atoms with Crippen LogP contribution < -0.4 is 4.90 Å². The van der Waals surface area contributed by atoms with Crippen LogP contribution in [0.25, 0.3) is 71.3 Å². The molecule has 0 bridgehead atoms. The summed E-state index contributed by atoms with van der Waals surface area (Å²) >= 11 is 0. The average Bonchev–Trinajstić information content (AvgIpc) is 3.71. The van der Waals surface area contributed by atoms with Gasteiger partial charge in [0.2, 0.25) is 0 Å². The quantitative estimate of drug-likeness (QED) is 0.190. The smallest absolute Gasteiger partial charge is 0.136 e. The highest BCUT2D eigenvalue weighted by molar-refractivity contribution is 6.24. The van der Waals surface area contributed by atoms with Crippen LogP contribution in [-0.4, -0.2) is 4.57 Å². The zero-order valence-electron chi connectivity index (χ0n) is 26.6. The molecule has 10 rings (SSSR count). The molecule has 0 radical (unpaired) electrons. The van der Waals surface area contributed by atoms with E-state index in [2.05, 4.69) is 179 Å². The Morgan fingerprint density at radius 3 is 1.84 bits per heavy atom. The highest BCUT2D eigenvalue weighted by Gasteiger charge is 2.24. The molecule has 0 spiro atoms. The number of hydrogen-bond acceptors (Lipinski definition) is 2. The molecule has 2 heterocycles. The summed E-state index contributed by atoms with van der Waals surface area (Å²) in [5.74, 6) is 0. The Kier molecular flexibility index (Phi) is 6.18. The Bertz CT molecular complexity index is 2810. The van der Waals surface area contributed by atoms with Crippen LogP contribution in [0.2, 0.25) is 0 Å². The van der Waals surface area contributed by atoms with Gasteiger partial charge in [0.25, 0.3) is 0 Å². The van der Waals surface area contributed by atoms with E-state index in [1.807, 2.05) is 12.1 Å². The predicted octanol–water partition coefficient (Wildman–Crippen LogP) is 13.0. The number of aromatic nitrogens is 1. The molecule has 0 saturated carbocycles. The third-order valence-electron chi connectivity index (χ3n) is 9.75. The van der Waals surface area contributed by atoms with Crippen molar-refractivity contribution in [2.45, 2.75) is 0 Å². The van der Waals surface area contributed by atoms with Crippen molar-refractivity contribution >= 4 is 71.6 Å². The van der Waals surface area contributed by atoms with E-state index in [0.717, 1.165) is 50.1 Å². The third kappa shape index (κ3) is 4.37. The number of anilines is 3. The minimum Gasteiger partial charge on any atom is -0.456 e. The fourth-order valence-corrected chi connectivity index (χ4v) is 7.55. The summed E-state index contributed by atoms with van der Waals surface area (Å²) in [6.07, 6.45) is 0. The number of nitrogens with zero attached hydrogens (tertiary/aromatic N) is 2. The van der Waals surface area contributed by atoms with E-state index in [4.69, 9.17) is 4.42 Å². The molecule has 0 N–H and O–H groups in total. The highest BCUT2D eigenvalue weighted by Crippen LogP contribution is 2.48. The molecule has 0 fully saturated rings. The fourth-order valence-electron chi connectivity index (χ4n) is 7.55. The molecule has 10 aromatic rings. The van der Waals surface area contributed by atoms with Crippen molar-refractivity contribution in [3.8, 4) is 16.8 Å². The SMILES string of the molecule is c1ccc(N(c2ccc(-c3ccc4c(c3)oc3ccccc34)cc2)c2c3ccccc3cc3c2c2ccccc2n3-c2ccccc2)cc1. The van der Waals surface area contributed by atoms with Gasteiger partial charge in [-0.3, -0.25) is 0 Å². The molecule has 0 atom stereocenters. The van der Waals surface area contributed by atoms with Crippen molar-refractivity contribution in [1.82, 2.24) is 4.57 Å². The first kappa shape index (κ1) is 27.5. The normalized spacial score (nSPS) is 11.7. The van der Waals surface area contributed by atoms with Gasteiger partial charge in [-0.15, -0.1) is 0 Å². The maximum atomic E-state index is 6.23. The molecular weight excluding hydrogens is 597 g/mol. The molecule has 49 heavy (non-hydrogen) atoms. The summed E-state index contributed by atoms with van der Waals surface area (Å²) in [5.41, 5.74) is 11.0. The van der Waals surface area contributed by atoms with Crippen LogP contribution >= 0.6 is 0 Å². The Morgan fingerprint density at radius 2 is 1.02 bits per heavy atom. The second-order valence-corrected chi connectivity index (χ2v) is 12.6. The van der Waals surface area contributed by atoms with Crippen molar-refractivity contribution in [2.75, 3.05) is 4.90 Å². The van der Waals surface area contributed by atoms with E-state index < -0.39 is 0 Å². The second kappa shape index (κ2) is 11.0. The zero-order chi connectivity index (χ0) is 32.3. The fraction of sp³-hybridized carbons (Fsp3) is 0. The molecule has 0 amide bonds. The molecule has 0 aliphatic carbocycles. The van der Waals surface area contributed by atoms with Gasteiger partial charge < -0.3 is 13.9 Å². The number of rotatable bonds is 5. The second-order valence-electron chi connectivity index (χ2n) is 12.6. The zero-order valence-corrected chi connectivity index (χ0v) is 26.6. The van der Waals surface area contributed by atoms with Gasteiger partial charge in [-0.05, 0) is 83.2 Å². The molecule has 0 unspecified atom stereocenters. The largest absolute Gasteiger partial charge is 0.456 e.